The molecule has 21 heavy (non-hydrogen) atoms. The molecular formula is C13H21BN2O5. The summed E-state index contributed by atoms with van der Waals surface area (Å²) >= 11 is 0. The predicted octanol–water partition coefficient (Wildman–Crippen LogP) is 0.780. The number of imide groups is 1. The van der Waals surface area contributed by atoms with Crippen molar-refractivity contribution in [2.45, 2.75) is 51.9 Å². The molecule has 0 saturated carbocycles. The van der Waals surface area contributed by atoms with Gasteiger partial charge in [0.2, 0.25) is 0 Å². The number of nitrogens with zero attached hydrogens (tertiary/aromatic N) is 1. The van der Waals surface area contributed by atoms with Crippen LogP contribution in [-0.4, -0.2) is 49.2 Å². The first-order valence-electron chi connectivity index (χ1n) is 6.36. The molecule has 116 valence electrons. The average molecular weight is 296 g/mol. The fraction of sp³-hybridized carbons (Fsp3) is 0.692. The molecule has 1 N–H and O–H groups in total. The number of esters is 2. The van der Waals surface area contributed by atoms with Crippen LogP contribution in [0.15, 0.2) is 0 Å². The molecule has 0 saturated heterocycles. The molecule has 0 aromatic heterocycles. The van der Waals surface area contributed by atoms with Gasteiger partial charge in [-0.3, -0.25) is 14.9 Å². The lowest BCUT2D eigenvalue weighted by molar-refractivity contribution is -0.163. The van der Waals surface area contributed by atoms with Gasteiger partial charge in [-0.05, 0) is 20.3 Å². The zero-order valence-electron chi connectivity index (χ0n) is 13.3. The summed E-state index contributed by atoms with van der Waals surface area (Å²) in [6, 6.07) is -0.783. The molecule has 0 aliphatic carbocycles. The highest BCUT2D eigenvalue weighted by Crippen LogP contribution is 2.33. The quantitative estimate of drug-likeness (QED) is 0.359. The van der Waals surface area contributed by atoms with Crippen LogP contribution >= 0.6 is 0 Å². The number of ether oxygens (including phenoxy) is 1. The maximum atomic E-state index is 11.9. The van der Waals surface area contributed by atoms with Gasteiger partial charge in [0.15, 0.2) is 0 Å². The number of hydrogen-bond donors (Lipinski definition) is 1. The molecule has 0 spiro atoms. The maximum absolute atomic E-state index is 11.9. The van der Waals surface area contributed by atoms with Crippen molar-refractivity contribution < 1.29 is 23.9 Å². The predicted molar refractivity (Wildman–Crippen MR) is 76.6 cm³/mol. The Hall–Kier alpha value is -1.86. The molecule has 0 aromatic carbocycles. The summed E-state index contributed by atoms with van der Waals surface area (Å²) in [4.78, 5) is 46.3. The maximum Gasteiger partial charge on any atom is 0.404 e. The zero-order valence-corrected chi connectivity index (χ0v) is 13.3. The van der Waals surface area contributed by atoms with Crippen molar-refractivity contribution in [3.8, 4) is 0 Å². The van der Waals surface area contributed by atoms with E-state index in [1.165, 1.54) is 11.9 Å². The fourth-order valence-corrected chi connectivity index (χ4v) is 1.92. The van der Waals surface area contributed by atoms with Gasteiger partial charge in [0.05, 0.1) is 7.85 Å². The fourth-order valence-electron chi connectivity index (χ4n) is 1.92. The first-order valence-corrected chi connectivity index (χ1v) is 6.36. The molecule has 0 fully saturated rings. The molecule has 3 amide bonds. The van der Waals surface area contributed by atoms with E-state index in [1.807, 2.05) is 19.2 Å². The summed E-state index contributed by atoms with van der Waals surface area (Å²) in [5.41, 5.74) is -0.646. The minimum Gasteiger partial charge on any atom is -0.386 e. The third kappa shape index (κ3) is 6.92. The lowest BCUT2D eigenvalue weighted by atomic mass is 9.65. The normalized spacial score (nSPS) is 11.5. The summed E-state index contributed by atoms with van der Waals surface area (Å²) in [5.74, 6) is -3.66. The molecule has 0 aliphatic rings. The summed E-state index contributed by atoms with van der Waals surface area (Å²) in [6.45, 7) is 8.16. The van der Waals surface area contributed by atoms with E-state index in [-0.39, 0.29) is 0 Å². The van der Waals surface area contributed by atoms with Crippen LogP contribution in [0.4, 0.5) is 4.79 Å². The number of urea groups is 1. The topological polar surface area (TPSA) is 92.8 Å². The second kappa shape index (κ2) is 6.73. The van der Waals surface area contributed by atoms with Gasteiger partial charge >= 0.3 is 23.9 Å². The van der Waals surface area contributed by atoms with Crippen LogP contribution in [0.5, 0.6) is 0 Å². The number of nitrogens with one attached hydrogen (secondary N) is 1. The number of amides is 3. The van der Waals surface area contributed by atoms with E-state index in [9.17, 15) is 19.2 Å². The summed E-state index contributed by atoms with van der Waals surface area (Å²) in [5, 5.41) is 1.34. The van der Waals surface area contributed by atoms with E-state index >= 15 is 0 Å². The molecule has 8 heteroatoms. The average Bonchev–Trinajstić information content (AvgIpc) is 2.23. The van der Waals surface area contributed by atoms with Gasteiger partial charge in [-0.1, -0.05) is 19.2 Å². The highest BCUT2D eigenvalue weighted by molar-refractivity contribution is 6.36. The van der Waals surface area contributed by atoms with Crippen molar-refractivity contribution in [2.75, 3.05) is 7.05 Å². The van der Waals surface area contributed by atoms with Crippen molar-refractivity contribution in [3.63, 3.8) is 0 Å². The van der Waals surface area contributed by atoms with Crippen LogP contribution in [0.3, 0.4) is 0 Å². The van der Waals surface area contributed by atoms with Gasteiger partial charge in [-0.25, -0.2) is 9.59 Å². The molecule has 0 aromatic rings. The molecule has 0 aliphatic heterocycles. The highest BCUT2D eigenvalue weighted by atomic mass is 16.6. The van der Waals surface area contributed by atoms with E-state index in [1.54, 1.807) is 13.8 Å². The van der Waals surface area contributed by atoms with Crippen molar-refractivity contribution in [1.29, 1.82) is 0 Å². The zero-order chi connectivity index (χ0) is 17.0. The molecule has 0 heterocycles. The Balaban J connectivity index is 4.75. The molecule has 0 unspecified atom stereocenters. The lowest BCUT2D eigenvalue weighted by Gasteiger charge is -2.40. The summed E-state index contributed by atoms with van der Waals surface area (Å²) < 4.78 is 4.08. The van der Waals surface area contributed by atoms with Gasteiger partial charge in [0, 0.05) is 19.5 Å². The van der Waals surface area contributed by atoms with E-state index in [0.29, 0.717) is 6.42 Å². The second-order valence-corrected chi connectivity index (χ2v) is 6.18. The van der Waals surface area contributed by atoms with E-state index < -0.39 is 34.7 Å². The highest BCUT2D eigenvalue weighted by Gasteiger charge is 2.33. The Morgan fingerprint density at radius 3 is 2.00 bits per heavy atom. The third-order valence-electron chi connectivity index (χ3n) is 2.74. The van der Waals surface area contributed by atoms with Crippen LogP contribution in [0.2, 0.25) is 5.31 Å². The molecular weight excluding hydrogens is 275 g/mol. The van der Waals surface area contributed by atoms with Crippen LogP contribution in [0.1, 0.15) is 41.0 Å². The number of carbonyl (C=O) groups excluding carboxylic acids is 4. The Bertz CT molecular complexity index is 454. The van der Waals surface area contributed by atoms with Crippen molar-refractivity contribution in [3.05, 3.63) is 0 Å². The van der Waals surface area contributed by atoms with Crippen molar-refractivity contribution in [1.82, 2.24) is 10.2 Å². The van der Waals surface area contributed by atoms with Crippen LogP contribution in [-0.2, 0) is 19.1 Å². The van der Waals surface area contributed by atoms with Gasteiger partial charge in [-0.2, -0.15) is 0 Å². The Kier molecular flexibility index (Phi) is 6.14. The van der Waals surface area contributed by atoms with Gasteiger partial charge in [0.25, 0.3) is 0 Å². The molecule has 0 rings (SSSR count). The number of rotatable bonds is 3. The molecule has 0 bridgehead atoms. The van der Waals surface area contributed by atoms with Crippen LogP contribution in [0, 0.1) is 0 Å². The van der Waals surface area contributed by atoms with Crippen molar-refractivity contribution >= 4 is 31.7 Å². The molecule has 2 radical (unpaired) electrons. The Morgan fingerprint density at radius 2 is 1.62 bits per heavy atom. The Morgan fingerprint density at radius 1 is 1.14 bits per heavy atom. The Labute approximate surface area is 125 Å². The largest absolute Gasteiger partial charge is 0.404 e. The SMILES string of the molecule is [B]C(C)(C)CC(C)(C)N(C)C(=O)NC(=O)C(=O)OC(C)=O. The van der Waals surface area contributed by atoms with Gasteiger partial charge < -0.3 is 9.64 Å². The van der Waals surface area contributed by atoms with E-state index in [0.717, 1.165) is 6.92 Å². The summed E-state index contributed by atoms with van der Waals surface area (Å²) in [6.07, 6.45) is 0.468. The second-order valence-electron chi connectivity index (χ2n) is 6.18. The number of hydrogen-bond acceptors (Lipinski definition) is 5. The van der Waals surface area contributed by atoms with Gasteiger partial charge in [0.1, 0.15) is 0 Å². The minimum absolute atomic E-state index is 0.468. The standard InChI is InChI=1S/C13H21BN2O5/c1-8(17)21-10(19)9(18)15-11(20)16(6)13(4,5)7-12(2,3)14/h7H2,1-6H3,(H,15,18,20). The minimum atomic E-state index is -1.43. The first-order chi connectivity index (χ1) is 9.26. The third-order valence-corrected chi connectivity index (χ3v) is 2.74. The van der Waals surface area contributed by atoms with E-state index in [2.05, 4.69) is 4.74 Å². The van der Waals surface area contributed by atoms with Crippen LogP contribution < -0.4 is 5.32 Å². The molecule has 7 nitrogen and oxygen atoms in total. The lowest BCUT2D eigenvalue weighted by Crippen LogP contribution is -2.53. The number of carbonyl (C=O) groups is 4. The van der Waals surface area contributed by atoms with Gasteiger partial charge in [-0.15, -0.1) is 0 Å². The monoisotopic (exact) mass is 296 g/mol. The van der Waals surface area contributed by atoms with E-state index in [4.69, 9.17) is 7.85 Å². The molecule has 0 atom stereocenters. The first kappa shape index (κ1) is 19.1. The summed E-state index contributed by atoms with van der Waals surface area (Å²) in [7, 11) is 7.40. The van der Waals surface area contributed by atoms with Crippen molar-refractivity contribution in [2.24, 2.45) is 0 Å². The van der Waals surface area contributed by atoms with Crippen LogP contribution in [0.25, 0.3) is 0 Å². The smallest absolute Gasteiger partial charge is 0.386 e.